The van der Waals surface area contributed by atoms with Gasteiger partial charge < -0.3 is 10.1 Å². The van der Waals surface area contributed by atoms with Gasteiger partial charge in [0.2, 0.25) is 10.0 Å². The van der Waals surface area contributed by atoms with Crippen molar-refractivity contribution in [2.24, 2.45) is 0 Å². The van der Waals surface area contributed by atoms with Crippen LogP contribution in [0.3, 0.4) is 0 Å². The number of rotatable bonds is 6. The number of fused-ring (bicyclic) bond motifs is 1. The van der Waals surface area contributed by atoms with E-state index in [-0.39, 0.29) is 23.2 Å². The Morgan fingerprint density at radius 3 is 2.52 bits per heavy atom. The topological polar surface area (TPSA) is 84.5 Å². The van der Waals surface area contributed by atoms with Gasteiger partial charge in [-0.05, 0) is 60.5 Å². The minimum absolute atomic E-state index is 0.103. The smallest absolute Gasteiger partial charge is 0.251 e. The van der Waals surface area contributed by atoms with Crippen molar-refractivity contribution in [2.75, 3.05) is 10.5 Å². The minimum Gasteiger partial charge on any atom is -0.454 e. The Morgan fingerprint density at radius 1 is 1.00 bits per heavy atom. The molecular weight excluding hydrogens is 426 g/mol. The summed E-state index contributed by atoms with van der Waals surface area (Å²) in [7, 11) is -3.52. The highest BCUT2D eigenvalue weighted by Gasteiger charge is 2.21. The molecule has 1 aliphatic rings. The van der Waals surface area contributed by atoms with E-state index in [0.717, 1.165) is 11.6 Å². The highest BCUT2D eigenvalue weighted by molar-refractivity contribution is 7.92. The molecule has 0 fully saturated rings. The summed E-state index contributed by atoms with van der Waals surface area (Å²) in [5.74, 6) is -1.81. The summed E-state index contributed by atoms with van der Waals surface area (Å²) >= 11 is 0. The zero-order valence-corrected chi connectivity index (χ0v) is 17.2. The second-order valence-corrected chi connectivity index (χ2v) is 8.96. The van der Waals surface area contributed by atoms with Gasteiger partial charge in [-0.15, -0.1) is 0 Å². The van der Waals surface area contributed by atoms with E-state index in [4.69, 9.17) is 4.74 Å². The molecule has 0 aromatic heterocycles. The number of hydrogen-bond acceptors (Lipinski definition) is 4. The number of amides is 1. The minimum atomic E-state index is -3.52. The molecule has 0 saturated heterocycles. The van der Waals surface area contributed by atoms with Crippen LogP contribution in [0.2, 0.25) is 0 Å². The van der Waals surface area contributed by atoms with Crippen molar-refractivity contribution in [3.63, 3.8) is 0 Å². The summed E-state index contributed by atoms with van der Waals surface area (Å²) in [5.41, 5.74) is 2.76. The first kappa shape index (κ1) is 20.8. The molecule has 160 valence electrons. The summed E-state index contributed by atoms with van der Waals surface area (Å²) in [6, 6.07) is 12.7. The van der Waals surface area contributed by atoms with Gasteiger partial charge in [-0.3, -0.25) is 9.52 Å². The molecule has 1 amide bonds. The quantitative estimate of drug-likeness (QED) is 0.589. The first-order valence-electron chi connectivity index (χ1n) is 9.44. The van der Waals surface area contributed by atoms with E-state index < -0.39 is 21.7 Å². The fourth-order valence-corrected chi connectivity index (χ4v) is 3.87. The van der Waals surface area contributed by atoms with E-state index in [9.17, 15) is 22.0 Å². The monoisotopic (exact) mass is 444 g/mol. The zero-order valence-electron chi connectivity index (χ0n) is 16.4. The lowest BCUT2D eigenvalue weighted by Gasteiger charge is -2.15. The molecule has 1 aliphatic heterocycles. The average Bonchev–Trinajstić information content (AvgIpc) is 3.11. The van der Waals surface area contributed by atoms with Crippen LogP contribution in [-0.4, -0.2) is 20.1 Å². The fraction of sp³-hybridized carbons (Fsp3) is 0.136. The number of anilines is 1. The third kappa shape index (κ3) is 4.36. The number of benzene rings is 3. The third-order valence-corrected chi connectivity index (χ3v) is 6.15. The molecule has 1 heterocycles. The van der Waals surface area contributed by atoms with Gasteiger partial charge in [0.05, 0.1) is 5.75 Å². The van der Waals surface area contributed by atoms with E-state index in [1.807, 2.05) is 0 Å². The molecule has 0 saturated carbocycles. The lowest BCUT2D eigenvalue weighted by molar-refractivity contribution is 0.0965. The van der Waals surface area contributed by atoms with Crippen molar-refractivity contribution >= 4 is 21.6 Å². The second kappa shape index (κ2) is 7.99. The van der Waals surface area contributed by atoms with E-state index >= 15 is 0 Å². The predicted octanol–water partition coefficient (Wildman–Crippen LogP) is 4.43. The van der Waals surface area contributed by atoms with Crippen LogP contribution in [0.25, 0.3) is 11.1 Å². The maximum absolute atomic E-state index is 14.1. The Bertz CT molecular complexity index is 1290. The van der Waals surface area contributed by atoms with Crippen LogP contribution >= 0.6 is 0 Å². The number of hydrogen-bond donors (Lipinski definition) is 2. The SMILES string of the molecule is CCS(=O)(=O)Nc1ccc(Oc2ccc(F)cc2F)c(-c2ccc3c(c2)CNC3=O)c1. The molecule has 0 aliphatic carbocycles. The molecule has 2 N–H and O–H groups in total. The van der Waals surface area contributed by atoms with Crippen LogP contribution in [0.4, 0.5) is 14.5 Å². The number of halogens is 2. The van der Waals surface area contributed by atoms with E-state index in [1.54, 1.807) is 24.3 Å². The van der Waals surface area contributed by atoms with Crippen LogP contribution in [0.5, 0.6) is 11.5 Å². The summed E-state index contributed by atoms with van der Waals surface area (Å²) in [5, 5.41) is 2.73. The van der Waals surface area contributed by atoms with E-state index in [2.05, 4.69) is 10.0 Å². The fourth-order valence-electron chi connectivity index (χ4n) is 3.24. The molecule has 3 aromatic rings. The highest BCUT2D eigenvalue weighted by atomic mass is 32.2. The van der Waals surface area contributed by atoms with Crippen molar-refractivity contribution in [3.8, 4) is 22.6 Å². The van der Waals surface area contributed by atoms with Gasteiger partial charge in [0.1, 0.15) is 11.6 Å². The molecule has 4 rings (SSSR count). The Hall–Kier alpha value is -3.46. The molecule has 0 unspecified atom stereocenters. The highest BCUT2D eigenvalue weighted by Crippen LogP contribution is 2.38. The third-order valence-electron chi connectivity index (χ3n) is 4.85. The molecule has 3 aromatic carbocycles. The lowest BCUT2D eigenvalue weighted by atomic mass is 9.99. The molecule has 0 bridgehead atoms. The molecule has 0 radical (unpaired) electrons. The van der Waals surface area contributed by atoms with E-state index in [1.165, 1.54) is 25.1 Å². The maximum Gasteiger partial charge on any atom is 0.251 e. The summed E-state index contributed by atoms with van der Waals surface area (Å²) < 4.78 is 59.5. The van der Waals surface area contributed by atoms with Crippen LogP contribution in [0, 0.1) is 11.6 Å². The van der Waals surface area contributed by atoms with Gasteiger partial charge in [0.25, 0.3) is 5.91 Å². The maximum atomic E-state index is 14.1. The van der Waals surface area contributed by atoms with Crippen molar-refractivity contribution in [3.05, 3.63) is 77.4 Å². The molecule has 6 nitrogen and oxygen atoms in total. The average molecular weight is 444 g/mol. The van der Waals surface area contributed by atoms with Crippen LogP contribution in [-0.2, 0) is 16.6 Å². The normalized spacial score (nSPS) is 12.9. The van der Waals surface area contributed by atoms with Crippen LogP contribution in [0.15, 0.2) is 54.6 Å². The number of ether oxygens (including phenoxy) is 1. The van der Waals surface area contributed by atoms with Crippen molar-refractivity contribution in [2.45, 2.75) is 13.5 Å². The van der Waals surface area contributed by atoms with Crippen molar-refractivity contribution in [1.82, 2.24) is 5.32 Å². The van der Waals surface area contributed by atoms with Gasteiger partial charge in [0.15, 0.2) is 11.6 Å². The van der Waals surface area contributed by atoms with Crippen LogP contribution in [0.1, 0.15) is 22.8 Å². The second-order valence-electron chi connectivity index (χ2n) is 6.95. The Balaban J connectivity index is 1.80. The standard InChI is InChI=1S/C22H18F2N2O4S/c1-2-31(28,29)26-16-5-8-20(30-21-7-4-15(23)10-19(21)24)18(11-16)13-3-6-17-14(9-13)12-25-22(17)27/h3-11,26H,2,12H2,1H3,(H,25,27). The largest absolute Gasteiger partial charge is 0.454 e. The van der Waals surface area contributed by atoms with Crippen LogP contribution < -0.4 is 14.8 Å². The number of carbonyl (C=O) groups is 1. The van der Waals surface area contributed by atoms with Gasteiger partial charge in [-0.2, -0.15) is 0 Å². The van der Waals surface area contributed by atoms with Gasteiger partial charge in [-0.1, -0.05) is 6.07 Å². The van der Waals surface area contributed by atoms with Gasteiger partial charge in [0, 0.05) is 29.4 Å². The number of sulfonamides is 1. The Morgan fingerprint density at radius 2 is 1.77 bits per heavy atom. The van der Waals surface area contributed by atoms with Gasteiger partial charge >= 0.3 is 0 Å². The zero-order chi connectivity index (χ0) is 22.2. The predicted molar refractivity (Wildman–Crippen MR) is 113 cm³/mol. The van der Waals surface area contributed by atoms with E-state index in [0.29, 0.717) is 35.0 Å². The Labute approximate surface area is 177 Å². The van der Waals surface area contributed by atoms with Crippen molar-refractivity contribution in [1.29, 1.82) is 0 Å². The first-order chi connectivity index (χ1) is 14.8. The van der Waals surface area contributed by atoms with Gasteiger partial charge in [-0.25, -0.2) is 17.2 Å². The molecule has 0 spiro atoms. The summed E-state index contributed by atoms with van der Waals surface area (Å²) in [4.78, 5) is 11.8. The number of carbonyl (C=O) groups excluding carboxylic acids is 1. The Kier molecular flexibility index (Phi) is 5.36. The lowest BCUT2D eigenvalue weighted by Crippen LogP contribution is -2.14. The molecular formula is C22H18F2N2O4S. The summed E-state index contributed by atoms with van der Waals surface area (Å²) in [6.07, 6.45) is 0. The molecule has 9 heteroatoms. The summed E-state index contributed by atoms with van der Waals surface area (Å²) in [6.45, 7) is 1.88. The molecule has 31 heavy (non-hydrogen) atoms. The van der Waals surface area contributed by atoms with Crippen molar-refractivity contribution < 1.29 is 26.7 Å². The first-order valence-corrected chi connectivity index (χ1v) is 11.1. The molecule has 0 atom stereocenters. The number of nitrogens with one attached hydrogen (secondary N) is 2.